The van der Waals surface area contributed by atoms with Crippen LogP contribution < -0.4 is 21.7 Å². The van der Waals surface area contributed by atoms with Gasteiger partial charge in [0.25, 0.3) is 11.5 Å². The second-order valence-electron chi connectivity index (χ2n) is 6.27. The Morgan fingerprint density at radius 2 is 1.61 bits per heavy atom. The fourth-order valence-electron chi connectivity index (χ4n) is 2.55. The number of rotatable bonds is 4. The summed E-state index contributed by atoms with van der Waals surface area (Å²) in [5.41, 5.74) is 7.32. The molecule has 0 spiro atoms. The number of hydrogen-bond acceptors (Lipinski definition) is 3. The SMILES string of the molecule is Cc1ccc(Cn2cc(C(=O)NNC(=O)Nc3ccccc3)ccc2=O)cc1. The first kappa shape index (κ1) is 18.9. The predicted octanol–water partition coefficient (Wildman–Crippen LogP) is 2.67. The topological polar surface area (TPSA) is 92.2 Å². The van der Waals surface area contributed by atoms with E-state index in [1.54, 1.807) is 24.3 Å². The van der Waals surface area contributed by atoms with Gasteiger partial charge in [-0.25, -0.2) is 10.2 Å². The number of nitrogens with one attached hydrogen (secondary N) is 3. The van der Waals surface area contributed by atoms with Crippen molar-refractivity contribution < 1.29 is 9.59 Å². The Kier molecular flexibility index (Phi) is 5.86. The van der Waals surface area contributed by atoms with E-state index in [9.17, 15) is 14.4 Å². The number of benzene rings is 2. The van der Waals surface area contributed by atoms with Crippen LogP contribution in [0, 0.1) is 6.92 Å². The Bertz CT molecular complexity index is 1030. The second-order valence-corrected chi connectivity index (χ2v) is 6.27. The summed E-state index contributed by atoms with van der Waals surface area (Å²) in [6, 6.07) is 18.8. The molecule has 3 amide bonds. The number of urea groups is 1. The number of anilines is 1. The van der Waals surface area contributed by atoms with Gasteiger partial charge in [-0.05, 0) is 30.7 Å². The van der Waals surface area contributed by atoms with Crippen LogP contribution in [0.25, 0.3) is 0 Å². The molecule has 142 valence electrons. The molecule has 3 rings (SSSR count). The monoisotopic (exact) mass is 376 g/mol. The van der Waals surface area contributed by atoms with Gasteiger partial charge in [0.05, 0.1) is 12.1 Å². The quantitative estimate of drug-likeness (QED) is 0.611. The lowest BCUT2D eigenvalue weighted by Gasteiger charge is -2.11. The van der Waals surface area contributed by atoms with Gasteiger partial charge in [0.1, 0.15) is 0 Å². The lowest BCUT2D eigenvalue weighted by molar-refractivity contribution is 0.0937. The number of amides is 3. The molecular weight excluding hydrogens is 356 g/mol. The maximum absolute atomic E-state index is 12.3. The smallest absolute Gasteiger partial charge is 0.310 e. The summed E-state index contributed by atoms with van der Waals surface area (Å²) < 4.78 is 1.45. The van der Waals surface area contributed by atoms with Gasteiger partial charge >= 0.3 is 6.03 Å². The summed E-state index contributed by atoms with van der Waals surface area (Å²) in [6.45, 7) is 2.34. The molecule has 7 heteroatoms. The molecule has 7 nitrogen and oxygen atoms in total. The standard InChI is InChI=1S/C21H20N4O3/c1-15-7-9-16(10-8-15)13-25-14-17(11-12-19(25)26)20(27)23-24-21(28)22-18-5-3-2-4-6-18/h2-12,14H,13H2,1H3,(H,23,27)(H2,22,24,28). The normalized spacial score (nSPS) is 10.2. The predicted molar refractivity (Wildman–Crippen MR) is 107 cm³/mol. The van der Waals surface area contributed by atoms with Crippen LogP contribution in [-0.2, 0) is 6.54 Å². The van der Waals surface area contributed by atoms with E-state index >= 15 is 0 Å². The van der Waals surface area contributed by atoms with Gasteiger partial charge in [-0.2, -0.15) is 0 Å². The molecule has 28 heavy (non-hydrogen) atoms. The molecule has 0 bridgehead atoms. The van der Waals surface area contributed by atoms with Crippen molar-refractivity contribution in [1.29, 1.82) is 0 Å². The Balaban J connectivity index is 1.62. The van der Waals surface area contributed by atoms with Gasteiger partial charge in [0.15, 0.2) is 0 Å². The summed E-state index contributed by atoms with van der Waals surface area (Å²) in [6.07, 6.45) is 1.47. The highest BCUT2D eigenvalue weighted by Crippen LogP contribution is 2.06. The molecule has 0 aliphatic carbocycles. The van der Waals surface area contributed by atoms with E-state index in [1.165, 1.54) is 22.9 Å². The first-order valence-corrected chi connectivity index (χ1v) is 8.70. The van der Waals surface area contributed by atoms with Crippen molar-refractivity contribution >= 4 is 17.6 Å². The molecule has 1 heterocycles. The van der Waals surface area contributed by atoms with E-state index in [0.29, 0.717) is 12.2 Å². The lowest BCUT2D eigenvalue weighted by atomic mass is 10.1. The second kappa shape index (κ2) is 8.68. The number of aromatic nitrogens is 1. The van der Waals surface area contributed by atoms with Crippen molar-refractivity contribution in [2.75, 3.05) is 5.32 Å². The first-order chi connectivity index (χ1) is 13.5. The van der Waals surface area contributed by atoms with Gasteiger partial charge in [-0.1, -0.05) is 48.0 Å². The minimum Gasteiger partial charge on any atom is -0.310 e. The molecule has 0 saturated carbocycles. The van der Waals surface area contributed by atoms with Crippen molar-refractivity contribution in [3.05, 3.63) is 100.0 Å². The molecular formula is C21H20N4O3. The van der Waals surface area contributed by atoms with Crippen LogP contribution in [0.5, 0.6) is 0 Å². The maximum atomic E-state index is 12.3. The number of para-hydroxylation sites is 1. The number of hydrogen-bond donors (Lipinski definition) is 3. The molecule has 0 atom stereocenters. The molecule has 1 aromatic heterocycles. The van der Waals surface area contributed by atoms with Crippen LogP contribution in [0.2, 0.25) is 0 Å². The number of pyridine rings is 1. The number of carbonyl (C=O) groups is 2. The molecule has 0 unspecified atom stereocenters. The van der Waals surface area contributed by atoms with Crippen molar-refractivity contribution in [2.24, 2.45) is 0 Å². The van der Waals surface area contributed by atoms with Crippen LogP contribution in [0.4, 0.5) is 10.5 Å². The molecule has 0 saturated heterocycles. The Hall–Kier alpha value is -3.87. The summed E-state index contributed by atoms with van der Waals surface area (Å²) >= 11 is 0. The third kappa shape index (κ3) is 5.07. The Labute approximate surface area is 162 Å². The molecule has 0 aliphatic rings. The molecule has 2 aromatic carbocycles. The first-order valence-electron chi connectivity index (χ1n) is 8.70. The number of hydrazine groups is 1. The van der Waals surface area contributed by atoms with E-state index in [1.807, 2.05) is 37.3 Å². The zero-order valence-corrected chi connectivity index (χ0v) is 15.3. The largest absolute Gasteiger partial charge is 0.337 e. The van der Waals surface area contributed by atoms with E-state index in [4.69, 9.17) is 0 Å². The average molecular weight is 376 g/mol. The summed E-state index contributed by atoms with van der Waals surface area (Å²) in [5, 5.41) is 2.59. The zero-order valence-electron chi connectivity index (χ0n) is 15.3. The van der Waals surface area contributed by atoms with Crippen molar-refractivity contribution in [3.8, 4) is 0 Å². The Morgan fingerprint density at radius 3 is 2.32 bits per heavy atom. The summed E-state index contributed by atoms with van der Waals surface area (Å²) in [7, 11) is 0. The minimum atomic E-state index is -0.576. The van der Waals surface area contributed by atoms with Gasteiger partial charge < -0.3 is 9.88 Å². The fourth-order valence-corrected chi connectivity index (χ4v) is 2.55. The highest BCUT2D eigenvalue weighted by Gasteiger charge is 2.09. The van der Waals surface area contributed by atoms with E-state index in [2.05, 4.69) is 16.2 Å². The third-order valence-electron chi connectivity index (χ3n) is 4.04. The van der Waals surface area contributed by atoms with Gasteiger partial charge in [-0.3, -0.25) is 15.0 Å². The van der Waals surface area contributed by atoms with Crippen molar-refractivity contribution in [3.63, 3.8) is 0 Å². The molecule has 0 fully saturated rings. The summed E-state index contributed by atoms with van der Waals surface area (Å²) in [5.74, 6) is -0.527. The molecule has 0 radical (unpaired) electrons. The highest BCUT2D eigenvalue weighted by atomic mass is 16.2. The van der Waals surface area contributed by atoms with Crippen LogP contribution in [-0.4, -0.2) is 16.5 Å². The van der Waals surface area contributed by atoms with Gasteiger partial charge in [-0.15, -0.1) is 0 Å². The molecule has 3 aromatic rings. The van der Waals surface area contributed by atoms with Gasteiger partial charge in [0.2, 0.25) is 0 Å². The fraction of sp³-hybridized carbons (Fsp3) is 0.0952. The summed E-state index contributed by atoms with van der Waals surface area (Å²) in [4.78, 5) is 36.2. The van der Waals surface area contributed by atoms with E-state index < -0.39 is 11.9 Å². The van der Waals surface area contributed by atoms with Crippen LogP contribution in [0.1, 0.15) is 21.5 Å². The van der Waals surface area contributed by atoms with Crippen molar-refractivity contribution in [1.82, 2.24) is 15.4 Å². The lowest BCUT2D eigenvalue weighted by Crippen LogP contribution is -2.44. The number of aryl methyl sites for hydroxylation is 1. The average Bonchev–Trinajstić information content (AvgIpc) is 2.70. The zero-order chi connectivity index (χ0) is 19.9. The van der Waals surface area contributed by atoms with Crippen molar-refractivity contribution in [2.45, 2.75) is 13.5 Å². The minimum absolute atomic E-state index is 0.216. The molecule has 0 aliphatic heterocycles. The number of nitrogens with zero attached hydrogens (tertiary/aromatic N) is 1. The van der Waals surface area contributed by atoms with Gasteiger partial charge in [0, 0.05) is 18.0 Å². The highest BCUT2D eigenvalue weighted by molar-refractivity contribution is 5.96. The van der Waals surface area contributed by atoms with Crippen LogP contribution in [0.3, 0.4) is 0 Å². The van der Waals surface area contributed by atoms with Crippen LogP contribution in [0.15, 0.2) is 77.7 Å². The number of carbonyl (C=O) groups excluding carboxylic acids is 2. The maximum Gasteiger partial charge on any atom is 0.337 e. The van der Waals surface area contributed by atoms with Crippen LogP contribution >= 0.6 is 0 Å². The molecule has 3 N–H and O–H groups in total. The third-order valence-corrected chi connectivity index (χ3v) is 4.04. The van der Waals surface area contributed by atoms with E-state index in [0.717, 1.165) is 11.1 Å². The van der Waals surface area contributed by atoms with E-state index in [-0.39, 0.29) is 11.1 Å². The Morgan fingerprint density at radius 1 is 0.893 bits per heavy atom.